The summed E-state index contributed by atoms with van der Waals surface area (Å²) in [5.74, 6) is -2.05. The molecule has 0 saturated heterocycles. The second kappa shape index (κ2) is 15.5. The smallest absolute Gasteiger partial charge is 0.149 e. The number of aromatic hydroxyl groups is 1. The molecule has 0 saturated carbocycles. The van der Waals surface area contributed by atoms with Crippen molar-refractivity contribution in [1.29, 1.82) is 0 Å². The van der Waals surface area contributed by atoms with E-state index >= 15 is 0 Å². The molecule has 0 spiro atoms. The van der Waals surface area contributed by atoms with Crippen LogP contribution in [0.3, 0.4) is 0 Å². The predicted molar refractivity (Wildman–Crippen MR) is 255 cm³/mol. The summed E-state index contributed by atoms with van der Waals surface area (Å²) in [5, 5.41) is 12.9. The van der Waals surface area contributed by atoms with Gasteiger partial charge in [-0.3, -0.25) is 9.55 Å². The Morgan fingerprint density at radius 1 is 0.508 bits per heavy atom. The minimum Gasteiger partial charge on any atom is -0.507 e. The fourth-order valence-electron chi connectivity index (χ4n) is 7.75. The van der Waals surface area contributed by atoms with Crippen LogP contribution >= 0.6 is 0 Å². The maximum atomic E-state index is 12.9. The topological polar surface area (TPSA) is 50.9 Å². The van der Waals surface area contributed by atoms with Crippen LogP contribution in [-0.2, 0) is 10.8 Å². The molecule has 0 amide bonds. The highest BCUT2D eigenvalue weighted by molar-refractivity contribution is 5.98. The van der Waals surface area contributed by atoms with Gasteiger partial charge in [-0.1, -0.05) is 156 Å². The number of imidazole rings is 1. The standard InChI is InChI=1S/C57H51N3O/c1-37-30-46(26-27-47(37)40-22-15-10-16-23-40)60-52-25-17-24-48(53(52)59-55(60)49-35-45(56(2,3)4)36-50(54(49)61)57(5,6)7)43-31-42(39-20-13-9-14-21-39)32-44(33-43)51-34-41(28-29-58-51)38-18-11-8-12-19-38/h8-36,61H,1-7H3/i1D3,2D3,3D3,4D3,5D3,6D3,7D3. The van der Waals surface area contributed by atoms with Crippen molar-refractivity contribution in [3.63, 3.8) is 0 Å². The molecule has 0 radical (unpaired) electrons. The second-order valence-corrected chi connectivity index (χ2v) is 14.9. The van der Waals surface area contributed by atoms with Crippen LogP contribution in [0.5, 0.6) is 5.75 Å². The third-order valence-electron chi connectivity index (χ3n) is 10.7. The molecule has 2 aromatic heterocycles. The minimum absolute atomic E-state index is 0.0380. The van der Waals surface area contributed by atoms with E-state index in [2.05, 4.69) is 0 Å². The van der Waals surface area contributed by atoms with Crippen molar-refractivity contribution in [2.24, 2.45) is 0 Å². The Kier molecular flexibility index (Phi) is 5.60. The van der Waals surface area contributed by atoms with Crippen LogP contribution in [0.4, 0.5) is 0 Å². The molecule has 2 heterocycles. The SMILES string of the molecule is [2H]C([2H])([2H])c1cc(-n2c(-c3cc(C(C([2H])([2H])[2H])(C([2H])([2H])[2H])C([2H])([2H])[2H])cc(C(C([2H])([2H])[2H])(C([2H])([2H])[2H])C([2H])([2H])[2H])c3O)nc3c(-c4cc(-c5ccccc5)cc(-c5cc(-c6ccccc6)ccn5)c4)cccc32)ccc1-c1ccccc1. The van der Waals surface area contributed by atoms with Gasteiger partial charge in [0.2, 0.25) is 0 Å². The van der Waals surface area contributed by atoms with Gasteiger partial charge in [0.1, 0.15) is 11.6 Å². The van der Waals surface area contributed by atoms with Gasteiger partial charge in [0.25, 0.3) is 0 Å². The van der Waals surface area contributed by atoms with Crippen molar-refractivity contribution in [1.82, 2.24) is 14.5 Å². The van der Waals surface area contributed by atoms with E-state index in [0.29, 0.717) is 39.6 Å². The van der Waals surface area contributed by atoms with Crippen molar-refractivity contribution < 1.29 is 33.9 Å². The minimum atomic E-state index is -4.21. The first-order chi connectivity index (χ1) is 38.0. The lowest BCUT2D eigenvalue weighted by molar-refractivity contribution is 0.446. The Morgan fingerprint density at radius 2 is 1.16 bits per heavy atom. The van der Waals surface area contributed by atoms with Gasteiger partial charge in [-0.15, -0.1) is 0 Å². The third kappa shape index (κ3) is 7.66. The number of phenols is 1. The highest BCUT2D eigenvalue weighted by atomic mass is 16.3. The van der Waals surface area contributed by atoms with Gasteiger partial charge in [0, 0.05) is 57.4 Å². The number of pyridine rings is 1. The number of rotatable bonds is 7. The van der Waals surface area contributed by atoms with Crippen LogP contribution < -0.4 is 0 Å². The van der Waals surface area contributed by atoms with E-state index in [9.17, 15) is 5.11 Å². The highest BCUT2D eigenvalue weighted by Gasteiger charge is 2.29. The zero-order valence-corrected chi connectivity index (χ0v) is 32.5. The molecule has 9 aromatic rings. The Balaban J connectivity index is 1.48. The summed E-state index contributed by atoms with van der Waals surface area (Å²) in [5.41, 5.74) is -6.15. The van der Waals surface area contributed by atoms with E-state index in [1.165, 1.54) is 22.8 Å². The first-order valence-electron chi connectivity index (χ1n) is 29.9. The van der Waals surface area contributed by atoms with Gasteiger partial charge in [0.15, 0.2) is 0 Å². The molecule has 0 fully saturated rings. The van der Waals surface area contributed by atoms with Crippen LogP contribution in [0.1, 0.15) is 86.6 Å². The van der Waals surface area contributed by atoms with E-state index in [0.717, 1.165) is 16.7 Å². The molecular formula is C57H51N3O. The maximum absolute atomic E-state index is 12.9. The van der Waals surface area contributed by atoms with Crippen LogP contribution in [0.2, 0.25) is 0 Å². The number of fused-ring (bicyclic) bond motifs is 1. The summed E-state index contributed by atoms with van der Waals surface area (Å²) in [4.78, 5) is 9.81. The average Bonchev–Trinajstić information content (AvgIpc) is 0.897. The lowest BCUT2D eigenvalue weighted by atomic mass is 9.79. The number of aromatic nitrogens is 3. The number of nitrogens with zero attached hydrogens (tertiary/aromatic N) is 3. The Morgan fingerprint density at radius 3 is 1.85 bits per heavy atom. The fraction of sp³-hybridized carbons (Fsp3) is 0.158. The molecule has 0 atom stereocenters. The number of benzene rings is 7. The first-order valence-corrected chi connectivity index (χ1v) is 19.4. The summed E-state index contributed by atoms with van der Waals surface area (Å²) < 4.78 is 185. The molecule has 0 aliphatic rings. The van der Waals surface area contributed by atoms with E-state index in [-0.39, 0.29) is 33.9 Å². The van der Waals surface area contributed by atoms with Gasteiger partial charge in [0.05, 0.1) is 22.3 Å². The lowest BCUT2D eigenvalue weighted by Crippen LogP contribution is -2.17. The average molecular weight is 815 g/mol. The number of phenolic OH excluding ortho intramolecular Hbond substituents is 1. The van der Waals surface area contributed by atoms with Crippen molar-refractivity contribution in [2.75, 3.05) is 0 Å². The molecule has 300 valence electrons. The molecule has 0 aliphatic carbocycles. The second-order valence-electron chi connectivity index (χ2n) is 14.9. The molecule has 0 bridgehead atoms. The maximum Gasteiger partial charge on any atom is 0.149 e. The van der Waals surface area contributed by atoms with Gasteiger partial charge in [-0.25, -0.2) is 4.98 Å². The largest absolute Gasteiger partial charge is 0.507 e. The summed E-state index contributed by atoms with van der Waals surface area (Å²) in [6.07, 6.45) is 1.67. The van der Waals surface area contributed by atoms with Crippen molar-refractivity contribution in [3.05, 3.63) is 193 Å². The van der Waals surface area contributed by atoms with Crippen LogP contribution in [0, 0.1) is 6.85 Å². The van der Waals surface area contributed by atoms with Crippen LogP contribution in [-0.4, -0.2) is 19.6 Å². The number of aryl methyl sites for hydroxylation is 1. The number of hydrogen-bond acceptors (Lipinski definition) is 3. The normalized spacial score (nSPS) is 18.5. The monoisotopic (exact) mass is 815 g/mol. The fourth-order valence-corrected chi connectivity index (χ4v) is 7.75. The van der Waals surface area contributed by atoms with Crippen LogP contribution in [0.25, 0.3) is 83.9 Å². The van der Waals surface area contributed by atoms with Crippen molar-refractivity contribution in [3.8, 4) is 78.6 Å². The van der Waals surface area contributed by atoms with Crippen LogP contribution in [0.15, 0.2) is 176 Å². The predicted octanol–water partition coefficient (Wildman–Crippen LogP) is 15.0. The lowest BCUT2D eigenvalue weighted by Gasteiger charge is -2.27. The van der Waals surface area contributed by atoms with Crippen molar-refractivity contribution in [2.45, 2.75) is 58.8 Å². The number of hydrogen-bond donors (Lipinski definition) is 1. The zero-order chi connectivity index (χ0) is 60.0. The van der Waals surface area contributed by atoms with E-state index in [1.54, 1.807) is 54.7 Å². The molecule has 61 heavy (non-hydrogen) atoms. The molecule has 0 aliphatic heterocycles. The first kappa shape index (κ1) is 22.0. The molecule has 4 heteroatoms. The van der Waals surface area contributed by atoms with Crippen molar-refractivity contribution >= 4 is 11.0 Å². The molecule has 9 rings (SSSR count). The Bertz CT molecular complexity index is 3760. The van der Waals surface area contributed by atoms with E-state index in [1.807, 2.05) is 91.0 Å². The van der Waals surface area contributed by atoms with E-state index in [4.69, 9.17) is 38.8 Å². The highest BCUT2D eigenvalue weighted by Crippen LogP contribution is 2.45. The van der Waals surface area contributed by atoms with E-state index < -0.39 is 87.1 Å². The third-order valence-corrected chi connectivity index (χ3v) is 10.7. The quantitative estimate of drug-likeness (QED) is 0.174. The molecule has 7 aromatic carbocycles. The van der Waals surface area contributed by atoms with Gasteiger partial charge >= 0.3 is 0 Å². The molecular weight excluding hydrogens is 743 g/mol. The Hall–Kier alpha value is -7.04. The zero-order valence-electron chi connectivity index (χ0n) is 53.5. The molecule has 1 N–H and O–H groups in total. The summed E-state index contributed by atoms with van der Waals surface area (Å²) >= 11 is 0. The summed E-state index contributed by atoms with van der Waals surface area (Å²) in [7, 11) is 0. The summed E-state index contributed by atoms with van der Waals surface area (Å²) in [6.45, 7) is -27.7. The van der Waals surface area contributed by atoms with Gasteiger partial charge in [-0.2, -0.15) is 0 Å². The summed E-state index contributed by atoms with van der Waals surface area (Å²) in [6, 6.07) is 46.9. The molecule has 0 unspecified atom stereocenters. The van der Waals surface area contributed by atoms with Gasteiger partial charge in [-0.05, 0) is 122 Å². The number of para-hydroxylation sites is 1. The van der Waals surface area contributed by atoms with Gasteiger partial charge < -0.3 is 5.11 Å². The Labute approximate surface area is 389 Å². The molecule has 4 nitrogen and oxygen atoms in total.